The maximum absolute atomic E-state index is 5.69. The summed E-state index contributed by atoms with van der Waals surface area (Å²) in [6.45, 7) is 0. The first-order valence-corrected chi connectivity index (χ1v) is 3.90. The molecule has 6 heteroatoms. The normalized spacial score (nSPS) is 10.9. The van der Waals surface area contributed by atoms with Crippen molar-refractivity contribution in [3.63, 3.8) is 0 Å². The summed E-state index contributed by atoms with van der Waals surface area (Å²) >= 11 is 0. The van der Waals surface area contributed by atoms with Crippen LogP contribution in [0.25, 0.3) is 6.08 Å². The quantitative estimate of drug-likeness (QED) is 0.332. The lowest BCUT2D eigenvalue weighted by Gasteiger charge is -2.14. The number of nitrogens with two attached hydrogens (primary N) is 6. The van der Waals surface area contributed by atoms with Crippen LogP contribution in [-0.4, -0.2) is 0 Å². The molecule has 0 aliphatic carbocycles. The molecule has 0 atom stereocenters. The Morgan fingerprint density at radius 2 is 1.00 bits per heavy atom. The Kier molecular flexibility index (Phi) is 2.29. The average molecular weight is 194 g/mol. The summed E-state index contributed by atoms with van der Waals surface area (Å²) in [6.07, 6.45) is 2.83. The third-order valence-corrected chi connectivity index (χ3v) is 2.00. The standard InChI is InChI=1S/C8H14N6/c9-2-1-3-4(10)6(12)8(14)7(13)5(3)11/h1-2H,9-14H2/b2-1+. The molecule has 76 valence electrons. The van der Waals surface area contributed by atoms with Crippen molar-refractivity contribution in [2.45, 2.75) is 0 Å². The van der Waals surface area contributed by atoms with Crippen LogP contribution in [-0.2, 0) is 0 Å². The van der Waals surface area contributed by atoms with Crippen LogP contribution in [0.4, 0.5) is 28.4 Å². The predicted octanol–water partition coefficient (Wildman–Crippen LogP) is -0.473. The zero-order chi connectivity index (χ0) is 10.9. The Hall–Kier alpha value is -2.24. The number of rotatable bonds is 1. The van der Waals surface area contributed by atoms with E-state index in [1.807, 2.05) is 0 Å². The average Bonchev–Trinajstić information content (AvgIpc) is 2.19. The smallest absolute Gasteiger partial charge is 0.0824 e. The van der Waals surface area contributed by atoms with Gasteiger partial charge in [-0.1, -0.05) is 0 Å². The van der Waals surface area contributed by atoms with Gasteiger partial charge in [-0.3, -0.25) is 0 Å². The third-order valence-electron chi connectivity index (χ3n) is 2.00. The van der Waals surface area contributed by atoms with Crippen LogP contribution in [0, 0.1) is 0 Å². The van der Waals surface area contributed by atoms with Crippen molar-refractivity contribution in [2.75, 3.05) is 28.7 Å². The Bertz CT molecular complexity index is 366. The minimum Gasteiger partial charge on any atom is -0.405 e. The Morgan fingerprint density at radius 1 is 0.643 bits per heavy atom. The molecule has 0 unspecified atom stereocenters. The second-order valence-corrected chi connectivity index (χ2v) is 2.84. The lowest BCUT2D eigenvalue weighted by atomic mass is 10.1. The van der Waals surface area contributed by atoms with Crippen LogP contribution < -0.4 is 34.4 Å². The van der Waals surface area contributed by atoms with Gasteiger partial charge >= 0.3 is 0 Å². The van der Waals surface area contributed by atoms with Crippen LogP contribution in [0.5, 0.6) is 0 Å². The highest BCUT2D eigenvalue weighted by Crippen LogP contribution is 2.38. The Balaban J connectivity index is 3.59. The third kappa shape index (κ3) is 1.22. The van der Waals surface area contributed by atoms with Crippen molar-refractivity contribution in [1.82, 2.24) is 0 Å². The van der Waals surface area contributed by atoms with Crippen molar-refractivity contribution in [1.29, 1.82) is 0 Å². The van der Waals surface area contributed by atoms with Crippen molar-refractivity contribution >= 4 is 34.5 Å². The first-order valence-electron chi connectivity index (χ1n) is 3.90. The highest BCUT2D eigenvalue weighted by molar-refractivity contribution is 6.00. The lowest BCUT2D eigenvalue weighted by Crippen LogP contribution is -2.09. The Labute approximate surface area is 81.5 Å². The molecule has 0 radical (unpaired) electrons. The summed E-state index contributed by atoms with van der Waals surface area (Å²) in [5.41, 5.74) is 35.2. The van der Waals surface area contributed by atoms with E-state index >= 15 is 0 Å². The van der Waals surface area contributed by atoms with Crippen molar-refractivity contribution in [2.24, 2.45) is 5.73 Å². The van der Waals surface area contributed by atoms with Crippen LogP contribution >= 0.6 is 0 Å². The molecule has 1 aromatic carbocycles. The Morgan fingerprint density at radius 3 is 1.36 bits per heavy atom. The molecule has 0 spiro atoms. The molecule has 1 rings (SSSR count). The zero-order valence-electron chi connectivity index (χ0n) is 7.62. The molecule has 0 bridgehead atoms. The molecule has 14 heavy (non-hydrogen) atoms. The fourth-order valence-corrected chi connectivity index (χ4v) is 1.15. The fraction of sp³-hybridized carbons (Fsp3) is 0. The molecule has 0 saturated heterocycles. The van der Waals surface area contributed by atoms with Gasteiger partial charge in [0.15, 0.2) is 0 Å². The van der Waals surface area contributed by atoms with E-state index in [0.717, 1.165) is 0 Å². The molecule has 0 aromatic heterocycles. The van der Waals surface area contributed by atoms with Gasteiger partial charge in [0.2, 0.25) is 0 Å². The van der Waals surface area contributed by atoms with Gasteiger partial charge in [-0.25, -0.2) is 0 Å². The van der Waals surface area contributed by atoms with Crippen molar-refractivity contribution < 1.29 is 0 Å². The summed E-state index contributed by atoms with van der Waals surface area (Å²) in [7, 11) is 0. The number of hydrogen-bond donors (Lipinski definition) is 6. The zero-order valence-corrected chi connectivity index (χ0v) is 7.62. The largest absolute Gasteiger partial charge is 0.405 e. The minimum absolute atomic E-state index is 0.203. The number of nitrogen functional groups attached to an aromatic ring is 5. The maximum Gasteiger partial charge on any atom is 0.0824 e. The van der Waals surface area contributed by atoms with Gasteiger partial charge in [0, 0.05) is 5.56 Å². The van der Waals surface area contributed by atoms with Crippen LogP contribution in [0.15, 0.2) is 6.20 Å². The molecule has 0 heterocycles. The minimum atomic E-state index is 0.203. The maximum atomic E-state index is 5.69. The topological polar surface area (TPSA) is 156 Å². The van der Waals surface area contributed by atoms with Crippen molar-refractivity contribution in [3.05, 3.63) is 11.8 Å². The summed E-state index contributed by atoms with van der Waals surface area (Å²) in [6, 6.07) is 0. The second kappa shape index (κ2) is 3.25. The summed E-state index contributed by atoms with van der Waals surface area (Å²) in [4.78, 5) is 0. The van der Waals surface area contributed by atoms with Crippen molar-refractivity contribution in [3.8, 4) is 0 Å². The van der Waals surface area contributed by atoms with E-state index in [4.69, 9.17) is 34.4 Å². The molecule has 0 aliphatic heterocycles. The van der Waals surface area contributed by atoms with Crippen LogP contribution in [0.2, 0.25) is 0 Å². The molecule has 1 aromatic rings. The first-order chi connectivity index (χ1) is 6.50. The number of anilines is 5. The van der Waals surface area contributed by atoms with E-state index in [1.165, 1.54) is 12.3 Å². The second-order valence-electron chi connectivity index (χ2n) is 2.84. The molecular formula is C8H14N6. The molecule has 0 aliphatic rings. The summed E-state index contributed by atoms with van der Waals surface area (Å²) in [5, 5.41) is 0. The van der Waals surface area contributed by atoms with Crippen LogP contribution in [0.3, 0.4) is 0 Å². The van der Waals surface area contributed by atoms with Gasteiger partial charge in [0.25, 0.3) is 0 Å². The van der Waals surface area contributed by atoms with Gasteiger partial charge in [0.05, 0.1) is 28.4 Å². The van der Waals surface area contributed by atoms with Gasteiger partial charge in [-0.05, 0) is 12.3 Å². The SMILES string of the molecule is N/C=C/c1c(N)c(N)c(N)c(N)c1N. The van der Waals surface area contributed by atoms with E-state index in [-0.39, 0.29) is 28.4 Å². The van der Waals surface area contributed by atoms with Gasteiger partial charge in [0.1, 0.15) is 0 Å². The summed E-state index contributed by atoms with van der Waals surface area (Å²) in [5.74, 6) is 0. The van der Waals surface area contributed by atoms with E-state index < -0.39 is 0 Å². The highest BCUT2D eigenvalue weighted by atomic mass is 14.8. The molecule has 0 saturated carbocycles. The lowest BCUT2D eigenvalue weighted by molar-refractivity contribution is 1.57. The summed E-state index contributed by atoms with van der Waals surface area (Å²) < 4.78 is 0. The van der Waals surface area contributed by atoms with Crippen LogP contribution in [0.1, 0.15) is 5.56 Å². The molecule has 6 nitrogen and oxygen atoms in total. The van der Waals surface area contributed by atoms with Gasteiger partial charge in [-0.15, -0.1) is 0 Å². The fourth-order valence-electron chi connectivity index (χ4n) is 1.15. The number of benzene rings is 1. The molecular weight excluding hydrogens is 180 g/mol. The van der Waals surface area contributed by atoms with E-state index in [0.29, 0.717) is 5.56 Å². The first kappa shape index (κ1) is 9.85. The molecule has 0 amide bonds. The van der Waals surface area contributed by atoms with Gasteiger partial charge < -0.3 is 34.4 Å². The predicted molar refractivity (Wildman–Crippen MR) is 61.7 cm³/mol. The van der Waals surface area contributed by atoms with Gasteiger partial charge in [-0.2, -0.15) is 0 Å². The van der Waals surface area contributed by atoms with E-state index in [9.17, 15) is 0 Å². The number of hydrogen-bond acceptors (Lipinski definition) is 6. The highest BCUT2D eigenvalue weighted by Gasteiger charge is 2.13. The van der Waals surface area contributed by atoms with E-state index in [2.05, 4.69) is 0 Å². The van der Waals surface area contributed by atoms with E-state index in [1.54, 1.807) is 0 Å². The molecule has 0 fully saturated rings. The molecule has 12 N–H and O–H groups in total. The monoisotopic (exact) mass is 194 g/mol.